The highest BCUT2D eigenvalue weighted by Gasteiger charge is 2.33. The second-order valence-corrected chi connectivity index (χ2v) is 4.91. The minimum Gasteiger partial charge on any atom is -0.334 e. The molecule has 2 unspecified atom stereocenters. The van der Waals surface area contributed by atoms with Gasteiger partial charge in [0.2, 0.25) is 0 Å². The maximum absolute atomic E-state index is 12.1. The lowest BCUT2D eigenvalue weighted by atomic mass is 10.0. The Kier molecular flexibility index (Phi) is 4.20. The number of rotatable bonds is 3. The van der Waals surface area contributed by atoms with Gasteiger partial charge >= 0.3 is 6.03 Å². The summed E-state index contributed by atoms with van der Waals surface area (Å²) in [4.78, 5) is 14.0. The first kappa shape index (κ1) is 12.9. The number of nitrogens with zero attached hydrogens (tertiary/aromatic N) is 1. The summed E-state index contributed by atoms with van der Waals surface area (Å²) >= 11 is 0. The van der Waals surface area contributed by atoms with E-state index >= 15 is 0 Å². The molecule has 1 fully saturated rings. The molecule has 0 aliphatic carbocycles. The molecule has 0 bridgehead atoms. The molecule has 18 heavy (non-hydrogen) atoms. The first-order valence-corrected chi connectivity index (χ1v) is 6.51. The molecule has 1 saturated heterocycles. The Morgan fingerprint density at radius 1 is 1.44 bits per heavy atom. The number of benzene rings is 1. The van der Waals surface area contributed by atoms with Gasteiger partial charge in [0.25, 0.3) is 0 Å². The molecule has 3 N–H and O–H groups in total. The van der Waals surface area contributed by atoms with Crippen molar-refractivity contribution in [3.8, 4) is 0 Å². The van der Waals surface area contributed by atoms with E-state index < -0.39 is 0 Å². The van der Waals surface area contributed by atoms with Crippen LogP contribution in [0.1, 0.15) is 18.9 Å². The quantitative estimate of drug-likeness (QED) is 0.851. The number of amides is 2. The number of nitrogens with one attached hydrogen (secondary N) is 1. The molecule has 0 spiro atoms. The van der Waals surface area contributed by atoms with Crippen LogP contribution in [0.3, 0.4) is 0 Å². The summed E-state index contributed by atoms with van der Waals surface area (Å²) in [5, 5.41) is 2.96. The fraction of sp³-hybridized carbons (Fsp3) is 0.500. The third-order valence-electron chi connectivity index (χ3n) is 3.67. The van der Waals surface area contributed by atoms with Crippen LogP contribution in [0.2, 0.25) is 0 Å². The van der Waals surface area contributed by atoms with Gasteiger partial charge in [-0.15, -0.1) is 0 Å². The summed E-state index contributed by atoms with van der Waals surface area (Å²) in [7, 11) is 0. The van der Waals surface area contributed by atoms with Crippen molar-refractivity contribution in [2.24, 2.45) is 11.7 Å². The lowest BCUT2D eigenvalue weighted by Crippen LogP contribution is -2.46. The van der Waals surface area contributed by atoms with Gasteiger partial charge in [0, 0.05) is 25.7 Å². The Morgan fingerprint density at radius 3 is 2.83 bits per heavy atom. The second-order valence-electron chi connectivity index (χ2n) is 4.91. The lowest BCUT2D eigenvalue weighted by molar-refractivity contribution is 0.188. The van der Waals surface area contributed by atoms with Crippen LogP contribution in [-0.2, 0) is 6.54 Å². The van der Waals surface area contributed by atoms with Gasteiger partial charge in [-0.05, 0) is 17.9 Å². The summed E-state index contributed by atoms with van der Waals surface area (Å²) in [5.41, 5.74) is 6.85. The Morgan fingerprint density at radius 2 is 2.17 bits per heavy atom. The van der Waals surface area contributed by atoms with Gasteiger partial charge < -0.3 is 16.0 Å². The monoisotopic (exact) mass is 247 g/mol. The Balaban J connectivity index is 1.88. The normalized spacial score (nSPS) is 23.1. The number of hydrogen-bond acceptors (Lipinski definition) is 2. The summed E-state index contributed by atoms with van der Waals surface area (Å²) < 4.78 is 0. The molecule has 1 aromatic rings. The first-order valence-electron chi connectivity index (χ1n) is 6.51. The van der Waals surface area contributed by atoms with E-state index in [1.54, 1.807) is 0 Å². The third-order valence-corrected chi connectivity index (χ3v) is 3.67. The van der Waals surface area contributed by atoms with Crippen molar-refractivity contribution in [1.82, 2.24) is 10.2 Å². The molecule has 4 nitrogen and oxygen atoms in total. The third kappa shape index (κ3) is 2.82. The molecule has 1 aliphatic rings. The zero-order valence-electron chi connectivity index (χ0n) is 10.8. The number of carbonyl (C=O) groups excluding carboxylic acids is 1. The topological polar surface area (TPSA) is 58.4 Å². The van der Waals surface area contributed by atoms with Crippen molar-refractivity contribution in [3.63, 3.8) is 0 Å². The van der Waals surface area contributed by atoms with Crippen LogP contribution < -0.4 is 11.1 Å². The van der Waals surface area contributed by atoms with E-state index in [0.717, 1.165) is 18.5 Å². The zero-order chi connectivity index (χ0) is 13.0. The van der Waals surface area contributed by atoms with Crippen LogP contribution in [0.4, 0.5) is 4.79 Å². The number of nitrogens with two attached hydrogens (primary N) is 1. The highest BCUT2D eigenvalue weighted by Crippen LogP contribution is 2.22. The highest BCUT2D eigenvalue weighted by molar-refractivity contribution is 5.75. The van der Waals surface area contributed by atoms with Gasteiger partial charge in [0.05, 0.1) is 0 Å². The van der Waals surface area contributed by atoms with Crippen LogP contribution in [0.15, 0.2) is 30.3 Å². The average Bonchev–Trinajstić information content (AvgIpc) is 2.78. The van der Waals surface area contributed by atoms with E-state index in [2.05, 4.69) is 12.2 Å². The van der Waals surface area contributed by atoms with Crippen molar-refractivity contribution < 1.29 is 4.79 Å². The molecule has 0 radical (unpaired) electrons. The Bertz CT molecular complexity index is 393. The maximum atomic E-state index is 12.1. The van der Waals surface area contributed by atoms with E-state index in [4.69, 9.17) is 5.73 Å². The van der Waals surface area contributed by atoms with Crippen LogP contribution in [0, 0.1) is 5.92 Å². The van der Waals surface area contributed by atoms with Crippen molar-refractivity contribution in [1.29, 1.82) is 0 Å². The summed E-state index contributed by atoms with van der Waals surface area (Å²) in [6.45, 7) is 4.08. The van der Waals surface area contributed by atoms with Crippen LogP contribution >= 0.6 is 0 Å². The summed E-state index contributed by atoms with van der Waals surface area (Å²) in [6.07, 6.45) is 1.04. The standard InChI is InChI=1S/C14H21N3O/c1-11-7-8-17(13(11)9-15)14(18)16-10-12-5-3-2-4-6-12/h2-6,11,13H,7-10,15H2,1H3,(H,16,18). The van der Waals surface area contributed by atoms with E-state index in [0.29, 0.717) is 19.0 Å². The van der Waals surface area contributed by atoms with Crippen molar-refractivity contribution in [3.05, 3.63) is 35.9 Å². The molecular weight excluding hydrogens is 226 g/mol. The molecule has 2 amide bonds. The molecule has 0 saturated carbocycles. The smallest absolute Gasteiger partial charge is 0.317 e. The average molecular weight is 247 g/mol. The molecule has 1 aliphatic heterocycles. The largest absolute Gasteiger partial charge is 0.334 e. The minimum absolute atomic E-state index is 0.00125. The van der Waals surface area contributed by atoms with Crippen LogP contribution in [0.5, 0.6) is 0 Å². The van der Waals surface area contributed by atoms with Gasteiger partial charge in [-0.25, -0.2) is 4.79 Å². The maximum Gasteiger partial charge on any atom is 0.317 e. The fourth-order valence-corrected chi connectivity index (χ4v) is 2.49. The lowest BCUT2D eigenvalue weighted by Gasteiger charge is -2.25. The molecule has 4 heteroatoms. The second kappa shape index (κ2) is 5.87. The number of likely N-dealkylation sites (tertiary alicyclic amines) is 1. The molecule has 0 aromatic heterocycles. The van der Waals surface area contributed by atoms with Gasteiger partial charge in [0.15, 0.2) is 0 Å². The van der Waals surface area contributed by atoms with E-state index in [9.17, 15) is 4.79 Å². The predicted molar refractivity (Wildman–Crippen MR) is 72.0 cm³/mol. The number of urea groups is 1. The van der Waals surface area contributed by atoms with Crippen molar-refractivity contribution in [2.45, 2.75) is 25.9 Å². The Hall–Kier alpha value is -1.55. The van der Waals surface area contributed by atoms with E-state index in [-0.39, 0.29) is 12.1 Å². The molecule has 2 rings (SSSR count). The van der Waals surface area contributed by atoms with Crippen molar-refractivity contribution >= 4 is 6.03 Å². The van der Waals surface area contributed by atoms with Gasteiger partial charge in [-0.2, -0.15) is 0 Å². The van der Waals surface area contributed by atoms with Gasteiger partial charge in [-0.3, -0.25) is 0 Å². The Labute approximate surface area is 108 Å². The van der Waals surface area contributed by atoms with Crippen LogP contribution in [-0.4, -0.2) is 30.1 Å². The van der Waals surface area contributed by atoms with E-state index in [1.165, 1.54) is 0 Å². The minimum atomic E-state index is -0.00125. The number of carbonyl (C=O) groups is 1. The van der Waals surface area contributed by atoms with E-state index in [1.807, 2.05) is 35.2 Å². The fourth-order valence-electron chi connectivity index (χ4n) is 2.49. The molecule has 98 valence electrons. The zero-order valence-corrected chi connectivity index (χ0v) is 10.8. The molecule has 1 heterocycles. The van der Waals surface area contributed by atoms with Gasteiger partial charge in [-0.1, -0.05) is 37.3 Å². The molecule has 2 atom stereocenters. The van der Waals surface area contributed by atoms with Gasteiger partial charge in [0.1, 0.15) is 0 Å². The summed E-state index contributed by atoms with van der Waals surface area (Å²) in [5.74, 6) is 0.498. The van der Waals surface area contributed by atoms with Crippen LogP contribution in [0.25, 0.3) is 0 Å². The summed E-state index contributed by atoms with van der Waals surface area (Å²) in [6, 6.07) is 10.1. The molecular formula is C14H21N3O. The highest BCUT2D eigenvalue weighted by atomic mass is 16.2. The molecule has 1 aromatic carbocycles. The predicted octanol–water partition coefficient (Wildman–Crippen LogP) is 1.57. The van der Waals surface area contributed by atoms with Crippen molar-refractivity contribution in [2.75, 3.05) is 13.1 Å². The first-order chi connectivity index (χ1) is 8.72. The SMILES string of the molecule is CC1CCN(C(=O)NCc2ccccc2)C1CN. The number of hydrogen-bond donors (Lipinski definition) is 2.